The predicted octanol–water partition coefficient (Wildman–Crippen LogP) is 13.4. The third-order valence-corrected chi connectivity index (χ3v) is 26.0. The van der Waals surface area contributed by atoms with Crippen molar-refractivity contribution >= 4 is 64.3 Å². The zero-order valence-corrected chi connectivity index (χ0v) is 79.0. The van der Waals surface area contributed by atoms with Gasteiger partial charge in [-0.25, -0.2) is 46.6 Å². The van der Waals surface area contributed by atoms with Gasteiger partial charge in [0.05, 0.1) is 106 Å². The number of fused-ring (bicyclic) bond motifs is 3. The SMILES string of the molecule is COC(=O)[C@H](Cc1ccc(-c2cc(C)nn(C)c2=O)c2c1CCCO2)NC(=O)c1c(F)cc(N2CCOC[C@@H]2C(F)(F)F)cc1F.COC(=O)[C@H](Cc1ccc(-c2nc(C)c(C)n(C)c2=O)c2c1CCCO2)NC(=O)c1c(C)cc(N2CCCC[C@@H]2C(F)(F)F)cc1F.COC(=O)[C@H](Cc1ccc(-c2nc(C)c(C)n(C)c2=O)c2c1CCCO2)NC(=O)c1c(F)cc(N2CCOC[C@@H]2C(F)(F)F)cc1Cl. The highest BCUT2D eigenvalue weighted by Gasteiger charge is 2.49. The first-order valence-corrected chi connectivity index (χ1v) is 45.2. The molecule has 0 aliphatic carbocycles. The number of ether oxygens (including phenoxy) is 8. The van der Waals surface area contributed by atoms with Gasteiger partial charge >= 0.3 is 36.4 Å². The number of anilines is 3. The number of alkyl halides is 9. The molecule has 6 atom stereocenters. The number of carbonyl (C=O) groups excluding carboxylic acids is 6. The van der Waals surface area contributed by atoms with Gasteiger partial charge in [0, 0.05) is 105 Å². The summed E-state index contributed by atoms with van der Waals surface area (Å²) in [6.45, 7) is 9.81. The number of halogens is 14. The summed E-state index contributed by atoms with van der Waals surface area (Å²) in [5.41, 5.74) is 6.39. The molecule has 0 saturated carbocycles. The number of carbonyl (C=O) groups is 6. The largest absolute Gasteiger partial charge is 0.493 e. The van der Waals surface area contributed by atoms with Gasteiger partial charge < -0.3 is 77.7 Å². The van der Waals surface area contributed by atoms with Crippen LogP contribution in [0.15, 0.2) is 93.2 Å². The minimum atomic E-state index is -4.73. The third-order valence-electron chi connectivity index (χ3n) is 25.7. The number of piperidine rings is 1. The highest BCUT2D eigenvalue weighted by Crippen LogP contribution is 2.45. The van der Waals surface area contributed by atoms with Gasteiger partial charge in [0.2, 0.25) is 0 Å². The number of morpholine rings is 2. The van der Waals surface area contributed by atoms with Crippen molar-refractivity contribution < 1.29 is 124 Å². The highest BCUT2D eigenvalue weighted by molar-refractivity contribution is 6.34. The maximum atomic E-state index is 15.5. The van der Waals surface area contributed by atoms with Crippen molar-refractivity contribution in [3.63, 3.8) is 0 Å². The average Bonchev–Trinajstić information content (AvgIpc) is 0.726. The quantitative estimate of drug-likeness (QED) is 0.0342. The molecule has 3 amide bonds. The predicted molar refractivity (Wildman–Crippen MR) is 487 cm³/mol. The van der Waals surface area contributed by atoms with Crippen LogP contribution in [0.4, 0.5) is 74.1 Å². The normalized spacial score (nSPS) is 17.1. The maximum Gasteiger partial charge on any atom is 0.411 e. The third kappa shape index (κ3) is 22.5. The van der Waals surface area contributed by atoms with Gasteiger partial charge in [-0.2, -0.15) is 44.6 Å². The number of aromatic nitrogens is 6. The number of nitrogens with one attached hydrogen (secondary N) is 3. The Hall–Kier alpha value is -13.1. The summed E-state index contributed by atoms with van der Waals surface area (Å²) in [7, 11) is 8.25. The van der Waals surface area contributed by atoms with E-state index < -0.39 is 149 Å². The minimum Gasteiger partial charge on any atom is -0.493 e. The second-order valence-electron chi connectivity index (χ2n) is 34.6. The summed E-state index contributed by atoms with van der Waals surface area (Å²) in [6.07, 6.45) is -9.66. The van der Waals surface area contributed by atoms with Crippen LogP contribution >= 0.6 is 11.6 Å². The highest BCUT2D eigenvalue weighted by atomic mass is 35.5. The van der Waals surface area contributed by atoms with Crippen LogP contribution in [0.3, 0.4) is 0 Å². The standard InChI is InChI=1S/C34H38F4N4O5.C32H33ClF4N4O6.C31H31F5N4O6/c1-18-15-22(42-13-7-6-10-27(42)34(36,37)38)17-25(35)28(18)31(43)40-26(33(45)46-5)16-21-11-12-24(30-23(21)9-8-14-47-30)29-32(44)41(4)20(3)19(2)39-29;1-16-17(2)40(3)30(43)27(38-16)21-8-7-18(20-6-5-10-47-28(20)21)12-24(31(44)45-4)39-29(42)26-22(33)13-19(14-23(26)34)41-9-11-46-15-25(41)32(35,36)37;1-16-11-21(29(42)39(2)38-16)20-7-6-17(19-5-4-9-46-27(19)20)12-24(30(43)44-3)37-28(41)26-22(32)13-18(14-23(26)33)40-8-10-45-15-25(40)31(34,35)36/h11-12,15,17,26-27H,6-10,13-14,16H2,1-5H3,(H,40,43);7-8,13-14,24-25H,5-6,9-12,15H2,1-4H3,(H,39,42);6-7,11,13-14,24-25H,4-5,8-10,12,15H2,1-3H3,(H,37,41)/t26-,27+;2*24-,25+/m000/s1. The van der Waals surface area contributed by atoms with Gasteiger partial charge in [0.15, 0.2) is 0 Å². The molecule has 6 aliphatic heterocycles. The van der Waals surface area contributed by atoms with Crippen molar-refractivity contribution in [1.82, 2.24) is 44.8 Å². The molecule has 6 aliphatic rings. The van der Waals surface area contributed by atoms with Gasteiger partial charge in [-0.3, -0.25) is 28.8 Å². The summed E-state index contributed by atoms with van der Waals surface area (Å²) in [6, 6.07) is 7.45. The smallest absolute Gasteiger partial charge is 0.411 e. The minimum absolute atomic E-state index is 0.0115. The molecule has 0 bridgehead atoms. The lowest BCUT2D eigenvalue weighted by molar-refractivity contribution is -0.167. The average molecular weight is 1990 g/mol. The Morgan fingerprint density at radius 1 is 0.443 bits per heavy atom. The van der Waals surface area contributed by atoms with Crippen LogP contribution in [0.1, 0.15) is 137 Å². The van der Waals surface area contributed by atoms with E-state index in [4.69, 9.17) is 49.5 Å². The van der Waals surface area contributed by atoms with E-state index in [2.05, 4.69) is 31.0 Å². The Kier molecular flexibility index (Phi) is 32.3. The molecule has 3 N–H and O–H groups in total. The first-order chi connectivity index (χ1) is 66.2. The number of benzene rings is 6. The number of rotatable bonds is 21. The number of nitrogens with zero attached hydrogens (tertiary/aromatic N) is 9. The first-order valence-electron chi connectivity index (χ1n) is 44.8. The number of amides is 3. The summed E-state index contributed by atoms with van der Waals surface area (Å²) < 4.78 is 231. The van der Waals surface area contributed by atoms with E-state index >= 15 is 17.6 Å². The molecule has 0 radical (unpaired) electrons. The van der Waals surface area contributed by atoms with Crippen molar-refractivity contribution in [2.75, 3.05) is 102 Å². The molecule has 29 nitrogen and oxygen atoms in total. The Balaban J connectivity index is 0.000000177. The lowest BCUT2D eigenvalue weighted by Crippen LogP contribution is -2.53. The molecule has 15 rings (SSSR count). The van der Waals surface area contributed by atoms with Crippen molar-refractivity contribution in [3.05, 3.63) is 222 Å². The van der Waals surface area contributed by atoms with Crippen LogP contribution in [0.2, 0.25) is 5.02 Å². The van der Waals surface area contributed by atoms with Crippen molar-refractivity contribution in [2.24, 2.45) is 21.1 Å². The van der Waals surface area contributed by atoms with Crippen molar-refractivity contribution in [1.29, 1.82) is 0 Å². The molecular weight excluding hydrogens is 1890 g/mol. The zero-order valence-electron chi connectivity index (χ0n) is 78.3. The number of esters is 3. The van der Waals surface area contributed by atoms with E-state index in [1.165, 1.54) is 41.0 Å². The van der Waals surface area contributed by atoms with Gasteiger partial charge in [0.25, 0.3) is 34.4 Å². The fraction of sp³-hybridized carbons (Fsp3) is 0.443. The monoisotopic (exact) mass is 1990 g/mol. The van der Waals surface area contributed by atoms with Crippen LogP contribution in [-0.2, 0) is 97.7 Å². The fourth-order valence-electron chi connectivity index (χ4n) is 18.1. The van der Waals surface area contributed by atoms with Crippen LogP contribution in [0, 0.1) is 64.8 Å². The van der Waals surface area contributed by atoms with Crippen LogP contribution < -0.4 is 61.5 Å². The van der Waals surface area contributed by atoms with Crippen LogP contribution in [0.25, 0.3) is 33.6 Å². The van der Waals surface area contributed by atoms with Crippen LogP contribution in [-0.4, -0.2) is 207 Å². The molecular formula is C97H102ClF13N12O17. The fourth-order valence-corrected chi connectivity index (χ4v) is 18.4. The molecule has 0 unspecified atom stereocenters. The maximum absolute atomic E-state index is 15.5. The Morgan fingerprint density at radius 2 is 0.807 bits per heavy atom. The van der Waals surface area contributed by atoms with Crippen molar-refractivity contribution in [3.8, 4) is 50.9 Å². The molecule has 3 saturated heterocycles. The molecule has 750 valence electrons. The Morgan fingerprint density at radius 3 is 1.21 bits per heavy atom. The van der Waals surface area contributed by atoms with E-state index in [0.717, 1.165) is 69.6 Å². The molecule has 43 heteroatoms. The van der Waals surface area contributed by atoms with Gasteiger partial charge in [-0.15, -0.1) is 0 Å². The number of hydrogen-bond donors (Lipinski definition) is 3. The Bertz CT molecular complexity index is 6160. The molecule has 140 heavy (non-hydrogen) atoms. The topological polar surface area (TPSA) is 327 Å². The van der Waals surface area contributed by atoms with E-state index in [9.17, 15) is 82.7 Å². The molecule has 9 aromatic rings. The first kappa shape index (κ1) is 104. The second-order valence-corrected chi connectivity index (χ2v) is 35.0. The van der Waals surface area contributed by atoms with E-state index in [0.29, 0.717) is 162 Å². The lowest BCUT2D eigenvalue weighted by Gasteiger charge is -2.38. The zero-order chi connectivity index (χ0) is 102. The summed E-state index contributed by atoms with van der Waals surface area (Å²) in [5.74, 6) is -9.39. The van der Waals surface area contributed by atoms with Gasteiger partial charge in [0.1, 0.15) is 93.7 Å². The molecule has 6 aromatic carbocycles. The lowest BCUT2D eigenvalue weighted by atomic mass is 9.90. The number of methoxy groups -OCH3 is 3. The van der Waals surface area contributed by atoms with Gasteiger partial charge in [-0.05, 0) is 193 Å². The number of hydrogen-bond acceptors (Lipinski definition) is 23. The van der Waals surface area contributed by atoms with E-state index in [1.807, 2.05) is 13.8 Å². The molecule has 9 heterocycles. The summed E-state index contributed by atoms with van der Waals surface area (Å²) in [4.78, 5) is 130. The summed E-state index contributed by atoms with van der Waals surface area (Å²) >= 11 is 6.28. The van der Waals surface area contributed by atoms with Crippen molar-refractivity contribution in [2.45, 2.75) is 173 Å². The van der Waals surface area contributed by atoms with E-state index in [-0.39, 0.29) is 109 Å². The second kappa shape index (κ2) is 43.3. The Labute approximate surface area is 798 Å². The molecule has 3 aromatic heterocycles. The van der Waals surface area contributed by atoms with E-state index in [1.54, 1.807) is 77.3 Å². The molecule has 0 spiro atoms. The number of aryl methyl sites for hydroxylation is 5. The van der Waals surface area contributed by atoms with Crippen LogP contribution in [0.5, 0.6) is 17.2 Å². The molecule has 3 fully saturated rings. The van der Waals surface area contributed by atoms with Gasteiger partial charge in [-0.1, -0.05) is 35.9 Å². The summed E-state index contributed by atoms with van der Waals surface area (Å²) in [5, 5.41) is 11.1.